The van der Waals surface area contributed by atoms with Gasteiger partial charge in [-0.3, -0.25) is 0 Å². The van der Waals surface area contributed by atoms with Crippen LogP contribution in [0.2, 0.25) is 0 Å². The van der Waals surface area contributed by atoms with Crippen molar-refractivity contribution in [2.45, 2.75) is 76.5 Å². The van der Waals surface area contributed by atoms with Gasteiger partial charge in [0.1, 0.15) is 0 Å². The minimum atomic E-state index is -0.152. The maximum Gasteiger partial charge on any atom is 0.317 e. The first-order chi connectivity index (χ1) is 11.0. The lowest BCUT2D eigenvalue weighted by atomic mass is 9.55. The number of hydrogen-bond donors (Lipinski definition) is 2. The molecular weight excluding hydrogens is 292 g/mol. The fourth-order valence-corrected chi connectivity index (χ4v) is 4.84. The molecular formula is C18H32N2O3. The first kappa shape index (κ1) is 17.0. The van der Waals surface area contributed by atoms with Gasteiger partial charge in [0.05, 0.1) is 12.2 Å². The van der Waals surface area contributed by atoms with Gasteiger partial charge in [-0.2, -0.15) is 0 Å². The molecule has 0 saturated heterocycles. The Hall–Kier alpha value is -0.810. The molecule has 0 aromatic heterocycles. The molecule has 132 valence electrons. The highest BCUT2D eigenvalue weighted by atomic mass is 16.5. The maximum atomic E-state index is 12.5. The van der Waals surface area contributed by atoms with Gasteiger partial charge in [-0.15, -0.1) is 0 Å². The van der Waals surface area contributed by atoms with Crippen LogP contribution in [0.3, 0.4) is 0 Å². The lowest BCUT2D eigenvalue weighted by molar-refractivity contribution is -0.147. The van der Waals surface area contributed by atoms with E-state index in [1.807, 2.05) is 7.05 Å². The van der Waals surface area contributed by atoms with E-state index in [-0.39, 0.29) is 23.6 Å². The summed E-state index contributed by atoms with van der Waals surface area (Å²) < 4.78 is 5.95. The average molecular weight is 324 g/mol. The van der Waals surface area contributed by atoms with Crippen molar-refractivity contribution in [1.29, 1.82) is 0 Å². The van der Waals surface area contributed by atoms with Crippen LogP contribution in [0.5, 0.6) is 0 Å². The monoisotopic (exact) mass is 324 g/mol. The van der Waals surface area contributed by atoms with Gasteiger partial charge in [-0.25, -0.2) is 4.79 Å². The largest absolute Gasteiger partial charge is 0.393 e. The van der Waals surface area contributed by atoms with Crippen molar-refractivity contribution in [1.82, 2.24) is 10.2 Å². The molecule has 0 aromatic carbocycles. The number of carbonyl (C=O) groups is 1. The molecule has 3 fully saturated rings. The molecule has 2 atom stereocenters. The molecule has 3 aliphatic carbocycles. The number of amides is 2. The third-order valence-electron chi connectivity index (χ3n) is 6.32. The van der Waals surface area contributed by atoms with Crippen molar-refractivity contribution in [3.05, 3.63) is 0 Å². The molecule has 0 aromatic rings. The van der Waals surface area contributed by atoms with E-state index in [0.29, 0.717) is 12.0 Å². The predicted octanol–water partition coefficient (Wildman–Crippen LogP) is 2.53. The standard InChI is InChI=1S/C18H32N2O3/c1-3-23-16-11-15(18(16)7-5-4-6-8-18)19-17(22)20(2)12-13-9-14(21)10-13/h13-16,21H,3-12H2,1-2H3,(H,19,22)/t13?,14?,15-,16+/m1/s1. The molecule has 3 saturated carbocycles. The molecule has 2 amide bonds. The molecule has 0 aliphatic heterocycles. The molecule has 5 nitrogen and oxygen atoms in total. The zero-order valence-electron chi connectivity index (χ0n) is 14.6. The Labute approximate surface area is 139 Å². The van der Waals surface area contributed by atoms with Crippen LogP contribution in [0.25, 0.3) is 0 Å². The van der Waals surface area contributed by atoms with Gasteiger partial charge in [0, 0.05) is 31.7 Å². The highest BCUT2D eigenvalue weighted by Gasteiger charge is 2.56. The van der Waals surface area contributed by atoms with Crippen molar-refractivity contribution in [3.63, 3.8) is 0 Å². The van der Waals surface area contributed by atoms with E-state index in [4.69, 9.17) is 4.74 Å². The Morgan fingerprint density at radius 3 is 2.57 bits per heavy atom. The van der Waals surface area contributed by atoms with Crippen molar-refractivity contribution < 1.29 is 14.6 Å². The molecule has 0 heterocycles. The lowest BCUT2D eigenvalue weighted by Crippen LogP contribution is -2.66. The second-order valence-electron chi connectivity index (χ2n) is 7.85. The third-order valence-corrected chi connectivity index (χ3v) is 6.32. The molecule has 0 unspecified atom stereocenters. The number of aliphatic hydroxyl groups is 1. The Bertz CT molecular complexity index is 416. The molecule has 5 heteroatoms. The minimum absolute atomic E-state index is 0.0382. The van der Waals surface area contributed by atoms with Crippen LogP contribution in [0.15, 0.2) is 0 Å². The first-order valence-corrected chi connectivity index (χ1v) is 9.36. The summed E-state index contributed by atoms with van der Waals surface area (Å²) in [5.74, 6) is 0.460. The molecule has 23 heavy (non-hydrogen) atoms. The SMILES string of the molecule is CCO[C@H]1C[C@@H](NC(=O)N(C)CC2CC(O)C2)C12CCCCC2. The highest BCUT2D eigenvalue weighted by molar-refractivity contribution is 5.74. The minimum Gasteiger partial charge on any atom is -0.393 e. The Kier molecular flexibility index (Phi) is 5.16. The number of urea groups is 1. The maximum absolute atomic E-state index is 12.5. The first-order valence-electron chi connectivity index (χ1n) is 9.36. The third kappa shape index (κ3) is 3.36. The van der Waals surface area contributed by atoms with Crippen LogP contribution in [0.4, 0.5) is 4.79 Å². The number of hydrogen-bond acceptors (Lipinski definition) is 3. The van der Waals surface area contributed by atoms with Crippen LogP contribution >= 0.6 is 0 Å². The van der Waals surface area contributed by atoms with Gasteiger partial charge < -0.3 is 20.1 Å². The van der Waals surface area contributed by atoms with Crippen molar-refractivity contribution in [3.8, 4) is 0 Å². The number of nitrogens with one attached hydrogen (secondary N) is 1. The highest BCUT2D eigenvalue weighted by Crippen LogP contribution is 2.53. The molecule has 0 radical (unpaired) electrons. The average Bonchev–Trinajstić information content (AvgIpc) is 2.53. The molecule has 1 spiro atoms. The molecule has 3 rings (SSSR count). The summed E-state index contributed by atoms with van der Waals surface area (Å²) in [7, 11) is 1.87. The summed E-state index contributed by atoms with van der Waals surface area (Å²) >= 11 is 0. The van der Waals surface area contributed by atoms with E-state index in [2.05, 4.69) is 12.2 Å². The van der Waals surface area contributed by atoms with Crippen molar-refractivity contribution >= 4 is 6.03 Å². The van der Waals surface area contributed by atoms with E-state index in [9.17, 15) is 9.90 Å². The van der Waals surface area contributed by atoms with E-state index in [0.717, 1.165) is 32.4 Å². The summed E-state index contributed by atoms with van der Waals surface area (Å²) in [5.41, 5.74) is 0.178. The number of rotatable bonds is 5. The quantitative estimate of drug-likeness (QED) is 0.817. The fraction of sp³-hybridized carbons (Fsp3) is 0.944. The summed E-state index contributed by atoms with van der Waals surface area (Å²) in [5, 5.41) is 12.6. The van der Waals surface area contributed by atoms with Gasteiger partial charge in [0.25, 0.3) is 0 Å². The number of nitrogens with zero attached hydrogens (tertiary/aromatic N) is 1. The van der Waals surface area contributed by atoms with E-state index < -0.39 is 0 Å². The Morgan fingerprint density at radius 2 is 1.96 bits per heavy atom. The van der Waals surface area contributed by atoms with Crippen molar-refractivity contribution in [2.75, 3.05) is 20.2 Å². The van der Waals surface area contributed by atoms with Crippen LogP contribution in [-0.2, 0) is 4.74 Å². The topological polar surface area (TPSA) is 61.8 Å². The molecule has 3 aliphatic rings. The van der Waals surface area contributed by atoms with Crippen LogP contribution in [-0.4, -0.2) is 54.5 Å². The van der Waals surface area contributed by atoms with E-state index >= 15 is 0 Å². The van der Waals surface area contributed by atoms with Gasteiger partial charge in [-0.1, -0.05) is 19.3 Å². The summed E-state index contributed by atoms with van der Waals surface area (Å²) in [6.07, 6.45) is 8.97. The van der Waals surface area contributed by atoms with E-state index in [1.165, 1.54) is 32.1 Å². The lowest BCUT2D eigenvalue weighted by Gasteiger charge is -2.57. The van der Waals surface area contributed by atoms with Crippen LogP contribution < -0.4 is 5.32 Å². The van der Waals surface area contributed by atoms with Crippen molar-refractivity contribution in [2.24, 2.45) is 11.3 Å². The van der Waals surface area contributed by atoms with Crippen LogP contribution in [0.1, 0.15) is 58.3 Å². The second kappa shape index (κ2) is 6.98. The van der Waals surface area contributed by atoms with Gasteiger partial charge in [-0.05, 0) is 44.9 Å². The summed E-state index contributed by atoms with van der Waals surface area (Å²) in [4.78, 5) is 14.3. The number of aliphatic hydroxyl groups excluding tert-OH is 1. The molecule has 0 bridgehead atoms. The van der Waals surface area contributed by atoms with Gasteiger partial charge in [0.2, 0.25) is 0 Å². The normalized spacial score (nSPS) is 35.3. The molecule has 2 N–H and O–H groups in total. The second-order valence-corrected chi connectivity index (χ2v) is 7.85. The predicted molar refractivity (Wildman–Crippen MR) is 89.2 cm³/mol. The van der Waals surface area contributed by atoms with E-state index in [1.54, 1.807) is 4.90 Å². The Balaban J connectivity index is 1.53. The number of ether oxygens (including phenoxy) is 1. The van der Waals surface area contributed by atoms with Gasteiger partial charge in [0.15, 0.2) is 0 Å². The summed E-state index contributed by atoms with van der Waals surface area (Å²) in [6, 6.07) is 0.303. The fourth-order valence-electron chi connectivity index (χ4n) is 4.84. The zero-order chi connectivity index (χ0) is 16.4. The number of carbonyl (C=O) groups excluding carboxylic acids is 1. The van der Waals surface area contributed by atoms with Crippen LogP contribution in [0, 0.1) is 11.3 Å². The van der Waals surface area contributed by atoms with Gasteiger partial charge >= 0.3 is 6.03 Å². The smallest absolute Gasteiger partial charge is 0.317 e. The Morgan fingerprint density at radius 1 is 1.26 bits per heavy atom. The zero-order valence-corrected chi connectivity index (χ0v) is 14.6. The summed E-state index contributed by atoms with van der Waals surface area (Å²) in [6.45, 7) is 3.57.